The first-order chi connectivity index (χ1) is 9.10. The Morgan fingerprint density at radius 2 is 1.95 bits per heavy atom. The molecule has 0 N–H and O–H groups in total. The molecule has 102 valence electrons. The smallest absolute Gasteiger partial charge is 0.298 e. The van der Waals surface area contributed by atoms with Gasteiger partial charge in [-0.3, -0.25) is 0 Å². The van der Waals surface area contributed by atoms with E-state index in [1.165, 1.54) is 11.5 Å². The molecule has 0 spiro atoms. The maximum atomic E-state index is 5.74. The lowest BCUT2D eigenvalue weighted by atomic mass is 10.1. The number of halogens is 1. The number of hydrogen-bond donors (Lipinski definition) is 0. The molecule has 0 bridgehead atoms. The zero-order valence-electron chi connectivity index (χ0n) is 11.1. The van der Waals surface area contributed by atoms with Gasteiger partial charge in [-0.2, -0.15) is 9.36 Å². The molecule has 0 atom stereocenters. The van der Waals surface area contributed by atoms with Gasteiger partial charge in [-0.15, -0.1) is 0 Å². The van der Waals surface area contributed by atoms with Crippen LogP contribution in [-0.2, 0) is 11.2 Å². The van der Waals surface area contributed by atoms with Gasteiger partial charge in [0.1, 0.15) is 11.6 Å². The second kappa shape index (κ2) is 6.45. The molecule has 0 fully saturated rings. The van der Waals surface area contributed by atoms with Crippen molar-refractivity contribution in [2.75, 3.05) is 13.7 Å². The molecule has 0 saturated heterocycles. The van der Waals surface area contributed by atoms with Crippen LogP contribution in [-0.4, -0.2) is 23.1 Å². The molecule has 1 aromatic carbocycles. The van der Waals surface area contributed by atoms with Crippen molar-refractivity contribution in [3.63, 3.8) is 0 Å². The fourth-order valence-electron chi connectivity index (χ4n) is 1.64. The van der Waals surface area contributed by atoms with Crippen molar-refractivity contribution in [3.05, 3.63) is 33.6 Å². The summed E-state index contributed by atoms with van der Waals surface area (Å²) >= 11 is 4.80. The van der Waals surface area contributed by atoms with E-state index in [9.17, 15) is 0 Å². The van der Waals surface area contributed by atoms with E-state index in [0.717, 1.165) is 27.2 Å². The molecule has 4 nitrogen and oxygen atoms in total. The minimum atomic E-state index is 0.562. The van der Waals surface area contributed by atoms with Gasteiger partial charge in [-0.25, -0.2) is 0 Å². The molecule has 0 aliphatic heterocycles. The van der Waals surface area contributed by atoms with Crippen molar-refractivity contribution in [1.29, 1.82) is 0 Å². The van der Waals surface area contributed by atoms with Crippen LogP contribution in [0.3, 0.4) is 0 Å². The topological polar surface area (TPSA) is 44.2 Å². The molecular weight excluding hydrogens is 328 g/mol. The van der Waals surface area contributed by atoms with E-state index >= 15 is 0 Å². The van der Waals surface area contributed by atoms with E-state index in [0.29, 0.717) is 18.2 Å². The van der Waals surface area contributed by atoms with Gasteiger partial charge in [0.15, 0.2) is 0 Å². The lowest BCUT2D eigenvalue weighted by Gasteiger charge is -2.07. The minimum Gasteiger partial charge on any atom is -0.430 e. The normalized spacial score (nSPS) is 10.7. The lowest BCUT2D eigenvalue weighted by molar-refractivity contribution is 0.200. The first kappa shape index (κ1) is 14.4. The fourth-order valence-corrected chi connectivity index (χ4v) is 2.46. The Labute approximate surface area is 125 Å². The zero-order chi connectivity index (χ0) is 13.8. The molecular formula is C13H15BrN2O2S. The molecule has 1 heterocycles. The van der Waals surface area contributed by atoms with Crippen LogP contribution in [0.15, 0.2) is 16.6 Å². The van der Waals surface area contributed by atoms with Crippen LogP contribution in [0.1, 0.15) is 17.0 Å². The second-order valence-electron chi connectivity index (χ2n) is 4.19. The monoisotopic (exact) mass is 342 g/mol. The third kappa shape index (κ3) is 3.75. The average molecular weight is 343 g/mol. The van der Waals surface area contributed by atoms with E-state index in [2.05, 4.69) is 25.3 Å². The molecule has 0 unspecified atom stereocenters. The van der Waals surface area contributed by atoms with Crippen molar-refractivity contribution < 1.29 is 9.47 Å². The number of benzene rings is 1. The predicted octanol–water partition coefficient (Wildman–Crippen LogP) is 3.90. The average Bonchev–Trinajstić information content (AvgIpc) is 2.81. The van der Waals surface area contributed by atoms with Crippen LogP contribution in [0.5, 0.6) is 10.9 Å². The molecule has 0 radical (unpaired) electrons. The lowest BCUT2D eigenvalue weighted by Crippen LogP contribution is -1.96. The third-order valence-corrected chi connectivity index (χ3v) is 4.48. The van der Waals surface area contributed by atoms with Crippen molar-refractivity contribution >= 4 is 27.5 Å². The quantitative estimate of drug-likeness (QED) is 0.826. The van der Waals surface area contributed by atoms with E-state index < -0.39 is 0 Å². The Morgan fingerprint density at radius 1 is 1.26 bits per heavy atom. The first-order valence-corrected chi connectivity index (χ1v) is 7.43. The van der Waals surface area contributed by atoms with E-state index in [4.69, 9.17) is 9.47 Å². The van der Waals surface area contributed by atoms with Gasteiger partial charge >= 0.3 is 0 Å². The van der Waals surface area contributed by atoms with Gasteiger partial charge in [0.05, 0.1) is 6.61 Å². The Bertz CT molecular complexity index is 549. The van der Waals surface area contributed by atoms with Gasteiger partial charge in [-0.1, -0.05) is 15.9 Å². The van der Waals surface area contributed by atoms with E-state index in [1.807, 2.05) is 26.0 Å². The summed E-state index contributed by atoms with van der Waals surface area (Å²) in [5.74, 6) is 1.54. The number of aromatic nitrogens is 2. The Hall–Kier alpha value is -0.980. The molecule has 1 aromatic heterocycles. The highest BCUT2D eigenvalue weighted by atomic mass is 79.9. The summed E-state index contributed by atoms with van der Waals surface area (Å²) in [5.41, 5.74) is 2.28. The molecule has 0 amide bonds. The molecule has 19 heavy (non-hydrogen) atoms. The summed E-state index contributed by atoms with van der Waals surface area (Å²) in [5, 5.41) is 0.562. The highest BCUT2D eigenvalue weighted by molar-refractivity contribution is 9.10. The summed E-state index contributed by atoms with van der Waals surface area (Å²) in [7, 11) is 1.66. The molecule has 0 saturated carbocycles. The fraction of sp³-hybridized carbons (Fsp3) is 0.385. The third-order valence-electron chi connectivity index (χ3n) is 2.59. The van der Waals surface area contributed by atoms with Crippen LogP contribution >= 0.6 is 27.5 Å². The number of hydrogen-bond acceptors (Lipinski definition) is 5. The van der Waals surface area contributed by atoms with E-state index in [1.54, 1.807) is 7.11 Å². The van der Waals surface area contributed by atoms with Gasteiger partial charge in [0.2, 0.25) is 0 Å². The van der Waals surface area contributed by atoms with Crippen LogP contribution < -0.4 is 4.74 Å². The Balaban J connectivity index is 2.10. The SMILES string of the molecule is COCCc1nsc(Oc2cc(C)c(Br)c(C)c2)n1. The maximum absolute atomic E-state index is 5.74. The summed E-state index contributed by atoms with van der Waals surface area (Å²) in [4.78, 5) is 4.32. The number of methoxy groups -OCH3 is 1. The minimum absolute atomic E-state index is 0.562. The zero-order valence-corrected chi connectivity index (χ0v) is 13.5. The molecule has 6 heteroatoms. The van der Waals surface area contributed by atoms with Crippen molar-refractivity contribution in [1.82, 2.24) is 9.36 Å². The molecule has 2 rings (SSSR count). The van der Waals surface area contributed by atoms with Crippen LogP contribution in [0, 0.1) is 13.8 Å². The number of ether oxygens (including phenoxy) is 2. The highest BCUT2D eigenvalue weighted by Gasteiger charge is 2.08. The molecule has 0 aliphatic rings. The predicted molar refractivity (Wildman–Crippen MR) is 79.2 cm³/mol. The van der Waals surface area contributed by atoms with E-state index in [-0.39, 0.29) is 0 Å². The van der Waals surface area contributed by atoms with Gasteiger partial charge in [0.25, 0.3) is 5.19 Å². The maximum Gasteiger partial charge on any atom is 0.298 e. The van der Waals surface area contributed by atoms with Gasteiger partial charge in [0, 0.05) is 29.5 Å². The summed E-state index contributed by atoms with van der Waals surface area (Å²) in [6, 6.07) is 3.96. The first-order valence-electron chi connectivity index (χ1n) is 5.86. The standard InChI is InChI=1S/C13H15BrN2O2S/c1-8-6-10(7-9(2)12(8)14)18-13-15-11(16-19-13)4-5-17-3/h6-7H,4-5H2,1-3H3. The summed E-state index contributed by atoms with van der Waals surface area (Å²) in [6.45, 7) is 4.69. The Kier molecular flexibility index (Phi) is 4.90. The largest absolute Gasteiger partial charge is 0.430 e. The number of aryl methyl sites for hydroxylation is 2. The number of rotatable bonds is 5. The van der Waals surface area contributed by atoms with Crippen molar-refractivity contribution in [3.8, 4) is 10.9 Å². The highest BCUT2D eigenvalue weighted by Crippen LogP contribution is 2.30. The van der Waals surface area contributed by atoms with Crippen LogP contribution in [0.2, 0.25) is 0 Å². The molecule has 2 aromatic rings. The Morgan fingerprint density at radius 3 is 2.58 bits per heavy atom. The van der Waals surface area contributed by atoms with Crippen LogP contribution in [0.4, 0.5) is 0 Å². The van der Waals surface area contributed by atoms with Crippen molar-refractivity contribution in [2.24, 2.45) is 0 Å². The summed E-state index contributed by atoms with van der Waals surface area (Å²) < 4.78 is 16.1. The summed E-state index contributed by atoms with van der Waals surface area (Å²) in [6.07, 6.45) is 0.703. The van der Waals surface area contributed by atoms with Gasteiger partial charge < -0.3 is 9.47 Å². The van der Waals surface area contributed by atoms with Gasteiger partial charge in [-0.05, 0) is 37.1 Å². The second-order valence-corrected chi connectivity index (χ2v) is 5.70. The number of nitrogens with zero attached hydrogens (tertiary/aromatic N) is 2. The van der Waals surface area contributed by atoms with Crippen LogP contribution in [0.25, 0.3) is 0 Å². The molecule has 0 aliphatic carbocycles. The van der Waals surface area contributed by atoms with Crippen molar-refractivity contribution in [2.45, 2.75) is 20.3 Å².